The third-order valence-corrected chi connectivity index (χ3v) is 5.39. The van der Waals surface area contributed by atoms with Gasteiger partial charge in [-0.3, -0.25) is 4.79 Å². The minimum Gasteiger partial charge on any atom is -0.291 e. The van der Waals surface area contributed by atoms with Crippen molar-refractivity contribution in [1.82, 2.24) is 9.78 Å². The predicted octanol–water partition coefficient (Wildman–Crippen LogP) is 4.89. The van der Waals surface area contributed by atoms with E-state index in [4.69, 9.17) is 16.9 Å². The highest BCUT2D eigenvalue weighted by Gasteiger charge is 2.29. The molecule has 0 aliphatic carbocycles. The van der Waals surface area contributed by atoms with Gasteiger partial charge in [-0.25, -0.2) is 4.68 Å². The Kier molecular flexibility index (Phi) is 4.08. The van der Waals surface area contributed by atoms with Crippen LogP contribution in [0, 0.1) is 11.3 Å². The number of aromatic nitrogens is 2. The molecule has 1 aromatic heterocycles. The number of ketones is 1. The van der Waals surface area contributed by atoms with Gasteiger partial charge in [0.05, 0.1) is 17.5 Å². The number of carbonyl (C=O) groups excluding carboxylic acids is 1. The number of benzene rings is 2. The van der Waals surface area contributed by atoms with E-state index < -0.39 is 0 Å². The van der Waals surface area contributed by atoms with Crippen molar-refractivity contribution in [3.8, 4) is 23.0 Å². The molecule has 4 nitrogen and oxygen atoms in total. The molecule has 0 unspecified atom stereocenters. The van der Waals surface area contributed by atoms with E-state index in [0.29, 0.717) is 16.5 Å². The second kappa shape index (κ2) is 6.40. The fraction of sp³-hybridized carbons (Fsp3) is 0.105. The van der Waals surface area contributed by atoms with Crippen molar-refractivity contribution in [3.05, 3.63) is 64.8 Å². The lowest BCUT2D eigenvalue weighted by Crippen LogP contribution is -2.03. The van der Waals surface area contributed by atoms with Crippen LogP contribution in [0.2, 0.25) is 5.02 Å². The molecule has 0 amide bonds. The van der Waals surface area contributed by atoms with Crippen molar-refractivity contribution < 1.29 is 4.79 Å². The van der Waals surface area contributed by atoms with Crippen LogP contribution in [0.3, 0.4) is 0 Å². The number of hydrogen-bond acceptors (Lipinski definition) is 4. The topological polar surface area (TPSA) is 58.7 Å². The highest BCUT2D eigenvalue weighted by atomic mass is 35.5. The maximum absolute atomic E-state index is 12.4. The molecule has 25 heavy (non-hydrogen) atoms. The third-order valence-electron chi connectivity index (χ3n) is 4.06. The summed E-state index contributed by atoms with van der Waals surface area (Å²) in [4.78, 5) is 13.5. The van der Waals surface area contributed by atoms with E-state index >= 15 is 0 Å². The molecule has 0 fully saturated rings. The summed E-state index contributed by atoms with van der Waals surface area (Å²) in [6.45, 7) is 0. The van der Waals surface area contributed by atoms with E-state index in [0.717, 1.165) is 27.4 Å². The first-order valence-corrected chi connectivity index (χ1v) is 9.05. The molecular formula is C19H12ClN3OS. The van der Waals surface area contributed by atoms with Crippen LogP contribution >= 0.6 is 23.4 Å². The lowest BCUT2D eigenvalue weighted by molar-refractivity contribution is 0.0992. The van der Waals surface area contributed by atoms with Gasteiger partial charge in [0.2, 0.25) is 0 Å². The molecule has 2 heterocycles. The lowest BCUT2D eigenvalue weighted by atomic mass is 10.0. The molecule has 0 N–H and O–H groups in total. The van der Waals surface area contributed by atoms with Crippen LogP contribution in [0.15, 0.2) is 53.4 Å². The van der Waals surface area contributed by atoms with Gasteiger partial charge >= 0.3 is 0 Å². The van der Waals surface area contributed by atoms with Gasteiger partial charge in [-0.2, -0.15) is 10.4 Å². The number of thioether (sulfide) groups is 1. The third kappa shape index (κ3) is 2.74. The number of rotatable bonds is 3. The summed E-state index contributed by atoms with van der Waals surface area (Å²) in [5, 5.41) is 14.1. The number of carbonyl (C=O) groups is 1. The number of nitriles is 1. The highest BCUT2D eigenvalue weighted by Crippen LogP contribution is 2.44. The standard InChI is InChI=1S/C19H12ClN3OS/c20-12-6-7-17-14(10-12)19-15(11-25-17)18(16(24)8-9-21)22-23(19)13-4-2-1-3-5-13/h1-7,10H,8,11H2. The second-order valence-corrected chi connectivity index (χ2v) is 7.06. The first kappa shape index (κ1) is 15.9. The van der Waals surface area contributed by atoms with Gasteiger partial charge in [-0.15, -0.1) is 11.8 Å². The number of hydrogen-bond donors (Lipinski definition) is 0. The summed E-state index contributed by atoms with van der Waals surface area (Å²) in [6, 6.07) is 17.4. The summed E-state index contributed by atoms with van der Waals surface area (Å²) in [7, 11) is 0. The van der Waals surface area contributed by atoms with Gasteiger partial charge in [0.15, 0.2) is 5.78 Å². The van der Waals surface area contributed by atoms with Crippen molar-refractivity contribution in [2.45, 2.75) is 17.1 Å². The smallest absolute Gasteiger partial charge is 0.197 e. The maximum Gasteiger partial charge on any atom is 0.197 e. The lowest BCUT2D eigenvalue weighted by Gasteiger charge is -2.18. The zero-order chi connectivity index (χ0) is 17.4. The van der Waals surface area contributed by atoms with Crippen molar-refractivity contribution in [3.63, 3.8) is 0 Å². The molecule has 0 saturated carbocycles. The molecule has 0 saturated heterocycles. The van der Waals surface area contributed by atoms with Crippen LogP contribution in [0.4, 0.5) is 0 Å². The Bertz CT molecular complexity index is 1020. The largest absolute Gasteiger partial charge is 0.291 e. The summed E-state index contributed by atoms with van der Waals surface area (Å²) >= 11 is 7.86. The van der Waals surface area contributed by atoms with Gasteiger partial charge in [0.25, 0.3) is 0 Å². The molecule has 2 aromatic carbocycles. The Hall–Kier alpha value is -2.55. The average Bonchev–Trinajstić information content (AvgIpc) is 3.03. The number of halogens is 1. The zero-order valence-electron chi connectivity index (χ0n) is 13.1. The molecule has 0 atom stereocenters. The molecule has 122 valence electrons. The number of fused-ring (bicyclic) bond motifs is 3. The molecule has 3 aromatic rings. The fourth-order valence-electron chi connectivity index (χ4n) is 2.96. The van der Waals surface area contributed by atoms with E-state index in [2.05, 4.69) is 5.10 Å². The Labute approximate surface area is 154 Å². The van der Waals surface area contributed by atoms with Crippen molar-refractivity contribution in [1.29, 1.82) is 5.26 Å². The SMILES string of the molecule is N#CCC(=O)c1nn(-c2ccccc2)c2c1CSc1ccc(Cl)cc1-2. The van der Waals surface area contributed by atoms with Crippen LogP contribution in [-0.4, -0.2) is 15.6 Å². The summed E-state index contributed by atoms with van der Waals surface area (Å²) < 4.78 is 1.79. The summed E-state index contributed by atoms with van der Waals surface area (Å²) in [5.74, 6) is 0.392. The van der Waals surface area contributed by atoms with Crippen molar-refractivity contribution >= 4 is 29.1 Å². The average molecular weight is 366 g/mol. The quantitative estimate of drug-likeness (QED) is 0.620. The van der Waals surface area contributed by atoms with Crippen LogP contribution in [0.25, 0.3) is 16.9 Å². The summed E-state index contributed by atoms with van der Waals surface area (Å²) in [6.07, 6.45) is -0.175. The van der Waals surface area contributed by atoms with Gasteiger partial charge in [-0.1, -0.05) is 29.8 Å². The van der Waals surface area contributed by atoms with E-state index in [9.17, 15) is 4.79 Å². The van der Waals surface area contributed by atoms with Crippen LogP contribution < -0.4 is 0 Å². The first-order valence-electron chi connectivity index (χ1n) is 7.69. The molecule has 1 aliphatic heterocycles. The summed E-state index contributed by atoms with van der Waals surface area (Å²) in [5.41, 5.74) is 3.95. The number of nitrogens with zero attached hydrogens (tertiary/aromatic N) is 3. The van der Waals surface area contributed by atoms with Crippen LogP contribution in [-0.2, 0) is 5.75 Å². The van der Waals surface area contributed by atoms with E-state index in [-0.39, 0.29) is 12.2 Å². The van der Waals surface area contributed by atoms with Crippen LogP contribution in [0.5, 0.6) is 0 Å². The minimum absolute atomic E-state index is 0.175. The van der Waals surface area contributed by atoms with E-state index in [1.807, 2.05) is 54.6 Å². The van der Waals surface area contributed by atoms with Crippen molar-refractivity contribution in [2.75, 3.05) is 0 Å². The molecule has 1 aliphatic rings. The normalized spacial score (nSPS) is 12.2. The maximum atomic E-state index is 12.4. The number of para-hydroxylation sites is 1. The van der Waals surface area contributed by atoms with Gasteiger partial charge in [-0.05, 0) is 30.3 Å². The molecule has 0 bridgehead atoms. The first-order chi connectivity index (χ1) is 12.2. The predicted molar refractivity (Wildman–Crippen MR) is 98.1 cm³/mol. The second-order valence-electron chi connectivity index (χ2n) is 5.61. The van der Waals surface area contributed by atoms with E-state index in [1.165, 1.54) is 0 Å². The van der Waals surface area contributed by atoms with Gasteiger partial charge in [0, 0.05) is 26.8 Å². The van der Waals surface area contributed by atoms with Gasteiger partial charge < -0.3 is 0 Å². The number of Topliss-reactive ketones (excluding diaryl/α,β-unsaturated/α-hetero) is 1. The Morgan fingerprint density at radius 2 is 2.08 bits per heavy atom. The Morgan fingerprint density at radius 1 is 1.28 bits per heavy atom. The molecule has 4 rings (SSSR count). The molecule has 0 spiro atoms. The van der Waals surface area contributed by atoms with Crippen molar-refractivity contribution in [2.24, 2.45) is 0 Å². The minimum atomic E-state index is -0.250. The highest BCUT2D eigenvalue weighted by molar-refractivity contribution is 7.98. The zero-order valence-corrected chi connectivity index (χ0v) is 14.6. The molecular weight excluding hydrogens is 354 g/mol. The molecule has 0 radical (unpaired) electrons. The van der Waals surface area contributed by atoms with Gasteiger partial charge in [0.1, 0.15) is 12.1 Å². The Balaban J connectivity index is 2.00. The molecule has 6 heteroatoms. The fourth-order valence-corrected chi connectivity index (χ4v) is 4.18. The van der Waals surface area contributed by atoms with Crippen LogP contribution in [0.1, 0.15) is 22.5 Å². The monoisotopic (exact) mass is 365 g/mol. The van der Waals surface area contributed by atoms with E-state index in [1.54, 1.807) is 16.4 Å². The Morgan fingerprint density at radius 3 is 2.84 bits per heavy atom.